The summed E-state index contributed by atoms with van der Waals surface area (Å²) in [5.74, 6) is 0.803. The smallest absolute Gasteiger partial charge is 0.141 e. The molecule has 1 radical (unpaired) electrons. The summed E-state index contributed by atoms with van der Waals surface area (Å²) in [6.07, 6.45) is 5.03. The predicted octanol–water partition coefficient (Wildman–Crippen LogP) is 1.85. The molecule has 2 heterocycles. The first-order chi connectivity index (χ1) is 5.88. The lowest BCUT2D eigenvalue weighted by atomic mass is 10.1. The third-order valence-electron chi connectivity index (χ3n) is 1.66. The van der Waals surface area contributed by atoms with E-state index in [-0.39, 0.29) is 0 Å². The fourth-order valence-electron chi connectivity index (χ4n) is 1.04. The van der Waals surface area contributed by atoms with Crippen LogP contribution >= 0.6 is 0 Å². The van der Waals surface area contributed by atoms with Gasteiger partial charge < -0.3 is 4.52 Å². The molecule has 0 fully saturated rings. The number of aromatic nitrogens is 2. The number of pyridine rings is 1. The van der Waals surface area contributed by atoms with Gasteiger partial charge in [0, 0.05) is 24.0 Å². The van der Waals surface area contributed by atoms with Crippen molar-refractivity contribution in [1.29, 1.82) is 0 Å². The summed E-state index contributed by atoms with van der Waals surface area (Å²) in [7, 11) is 0. The van der Waals surface area contributed by atoms with Gasteiger partial charge in [-0.05, 0) is 18.6 Å². The average molecular weight is 159 g/mol. The van der Waals surface area contributed by atoms with Gasteiger partial charge in [0.15, 0.2) is 0 Å². The molecule has 0 aliphatic heterocycles. The van der Waals surface area contributed by atoms with Crippen LogP contribution in [0.25, 0.3) is 11.1 Å². The molecule has 3 heteroatoms. The molecule has 0 N–H and O–H groups in total. The van der Waals surface area contributed by atoms with Gasteiger partial charge in [0.25, 0.3) is 0 Å². The third kappa shape index (κ3) is 1.09. The first-order valence-electron chi connectivity index (χ1n) is 3.61. The standard InChI is InChI=1S/C9H7N2O/c1-7-9(6-11-12-7)8-2-4-10-5-3-8/h2,4-6H,1H3. The van der Waals surface area contributed by atoms with E-state index in [9.17, 15) is 0 Å². The Hall–Kier alpha value is -1.64. The lowest BCUT2D eigenvalue weighted by Gasteiger charge is -1.93. The normalized spacial score (nSPS) is 10.1. The number of rotatable bonds is 1. The summed E-state index contributed by atoms with van der Waals surface area (Å²) in [6, 6.07) is 4.88. The number of aryl methyl sites for hydroxylation is 1. The second-order valence-electron chi connectivity index (χ2n) is 2.45. The molecule has 0 saturated carbocycles. The minimum atomic E-state index is 0.803. The summed E-state index contributed by atoms with van der Waals surface area (Å²) in [6.45, 7) is 1.87. The largest absolute Gasteiger partial charge is 0.361 e. The highest BCUT2D eigenvalue weighted by molar-refractivity contribution is 5.62. The fourth-order valence-corrected chi connectivity index (χ4v) is 1.04. The topological polar surface area (TPSA) is 38.9 Å². The van der Waals surface area contributed by atoms with E-state index in [1.807, 2.05) is 13.0 Å². The van der Waals surface area contributed by atoms with Gasteiger partial charge in [-0.2, -0.15) is 0 Å². The first-order valence-corrected chi connectivity index (χ1v) is 3.61. The lowest BCUT2D eigenvalue weighted by molar-refractivity contribution is 0.398. The van der Waals surface area contributed by atoms with E-state index in [0.29, 0.717) is 0 Å². The molecular weight excluding hydrogens is 152 g/mol. The molecule has 0 aliphatic rings. The summed E-state index contributed by atoms with van der Waals surface area (Å²) in [5.41, 5.74) is 1.93. The lowest BCUT2D eigenvalue weighted by Crippen LogP contribution is -1.77. The molecule has 12 heavy (non-hydrogen) atoms. The highest BCUT2D eigenvalue weighted by atomic mass is 16.5. The van der Waals surface area contributed by atoms with Crippen molar-refractivity contribution >= 4 is 0 Å². The molecule has 2 aromatic rings. The van der Waals surface area contributed by atoms with Crippen LogP contribution in [0.5, 0.6) is 0 Å². The quantitative estimate of drug-likeness (QED) is 0.637. The maximum absolute atomic E-state index is 4.93. The SMILES string of the molecule is Cc1oncc1-c1[c]cncc1. The van der Waals surface area contributed by atoms with Gasteiger partial charge in [-0.1, -0.05) is 5.16 Å². The van der Waals surface area contributed by atoms with E-state index in [4.69, 9.17) is 4.52 Å². The second kappa shape index (κ2) is 2.77. The molecule has 0 amide bonds. The van der Waals surface area contributed by atoms with Crippen LogP contribution in [0.1, 0.15) is 5.76 Å². The minimum Gasteiger partial charge on any atom is -0.361 e. The van der Waals surface area contributed by atoms with Crippen LogP contribution in [0.3, 0.4) is 0 Å². The number of hydrogen-bond donors (Lipinski definition) is 0. The van der Waals surface area contributed by atoms with Crippen molar-refractivity contribution in [2.24, 2.45) is 0 Å². The van der Waals surface area contributed by atoms with Crippen LogP contribution in [0, 0.1) is 13.0 Å². The Labute approximate surface area is 70.0 Å². The third-order valence-corrected chi connectivity index (χ3v) is 1.66. The van der Waals surface area contributed by atoms with Crippen LogP contribution in [0.4, 0.5) is 0 Å². The molecule has 0 atom stereocenters. The molecule has 2 rings (SSSR count). The Bertz CT molecular complexity index is 367. The maximum Gasteiger partial charge on any atom is 0.141 e. The van der Waals surface area contributed by atoms with Crippen molar-refractivity contribution in [2.75, 3.05) is 0 Å². The maximum atomic E-state index is 4.93. The summed E-state index contributed by atoms with van der Waals surface area (Å²) in [5, 5.41) is 3.68. The van der Waals surface area contributed by atoms with Crippen LogP contribution in [-0.4, -0.2) is 10.1 Å². The van der Waals surface area contributed by atoms with E-state index >= 15 is 0 Å². The molecule has 0 aliphatic carbocycles. The van der Waals surface area contributed by atoms with Crippen LogP contribution in [-0.2, 0) is 0 Å². The first kappa shape index (κ1) is 7.03. The van der Waals surface area contributed by atoms with Gasteiger partial charge in [-0.3, -0.25) is 4.98 Å². The van der Waals surface area contributed by atoms with Gasteiger partial charge in [0.05, 0.1) is 6.20 Å². The predicted molar refractivity (Wildman–Crippen MR) is 43.3 cm³/mol. The number of nitrogens with zero attached hydrogens (tertiary/aromatic N) is 2. The molecule has 2 aromatic heterocycles. The zero-order valence-corrected chi connectivity index (χ0v) is 6.61. The van der Waals surface area contributed by atoms with Crippen molar-refractivity contribution < 1.29 is 4.52 Å². The molecule has 59 valence electrons. The van der Waals surface area contributed by atoms with Crippen LogP contribution in [0.15, 0.2) is 29.2 Å². The molecule has 0 saturated heterocycles. The van der Waals surface area contributed by atoms with Gasteiger partial charge in [-0.15, -0.1) is 0 Å². The summed E-state index contributed by atoms with van der Waals surface area (Å²) in [4.78, 5) is 3.88. The van der Waals surface area contributed by atoms with Crippen molar-refractivity contribution in [3.05, 3.63) is 36.5 Å². The Morgan fingerprint density at radius 3 is 3.00 bits per heavy atom. The summed E-state index contributed by atoms with van der Waals surface area (Å²) >= 11 is 0. The van der Waals surface area contributed by atoms with Crippen LogP contribution in [0.2, 0.25) is 0 Å². The van der Waals surface area contributed by atoms with E-state index in [1.165, 1.54) is 0 Å². The van der Waals surface area contributed by atoms with Crippen molar-refractivity contribution in [1.82, 2.24) is 10.1 Å². The van der Waals surface area contributed by atoms with Crippen molar-refractivity contribution in [3.8, 4) is 11.1 Å². The average Bonchev–Trinajstić information content (AvgIpc) is 2.53. The highest BCUT2D eigenvalue weighted by Gasteiger charge is 2.04. The van der Waals surface area contributed by atoms with E-state index < -0.39 is 0 Å². The van der Waals surface area contributed by atoms with Crippen LogP contribution < -0.4 is 0 Å². The summed E-state index contributed by atoms with van der Waals surface area (Å²) < 4.78 is 4.93. The fraction of sp³-hybridized carbons (Fsp3) is 0.111. The van der Waals surface area contributed by atoms with Gasteiger partial charge in [-0.25, -0.2) is 0 Å². The second-order valence-corrected chi connectivity index (χ2v) is 2.45. The van der Waals surface area contributed by atoms with E-state index in [0.717, 1.165) is 16.9 Å². The van der Waals surface area contributed by atoms with E-state index in [1.54, 1.807) is 18.6 Å². The van der Waals surface area contributed by atoms with Gasteiger partial charge in [0.1, 0.15) is 5.76 Å². The van der Waals surface area contributed by atoms with E-state index in [2.05, 4.69) is 16.2 Å². The van der Waals surface area contributed by atoms with Gasteiger partial charge >= 0.3 is 0 Å². The zero-order chi connectivity index (χ0) is 8.39. The minimum absolute atomic E-state index is 0.803. The molecule has 0 bridgehead atoms. The Morgan fingerprint density at radius 2 is 2.42 bits per heavy atom. The molecular formula is C9H7N2O. The van der Waals surface area contributed by atoms with Crippen molar-refractivity contribution in [2.45, 2.75) is 6.92 Å². The van der Waals surface area contributed by atoms with Gasteiger partial charge in [0.2, 0.25) is 0 Å². The zero-order valence-electron chi connectivity index (χ0n) is 6.61. The Kier molecular flexibility index (Phi) is 1.63. The molecule has 3 nitrogen and oxygen atoms in total. The Morgan fingerprint density at radius 1 is 1.50 bits per heavy atom. The molecule has 0 unspecified atom stereocenters. The van der Waals surface area contributed by atoms with Crippen molar-refractivity contribution in [3.63, 3.8) is 0 Å². The monoisotopic (exact) mass is 159 g/mol. The molecule has 0 spiro atoms. The molecule has 0 aromatic carbocycles. The number of hydrogen-bond acceptors (Lipinski definition) is 3. The highest BCUT2D eigenvalue weighted by Crippen LogP contribution is 2.20. The Balaban J connectivity index is 2.51.